The van der Waals surface area contributed by atoms with Crippen molar-refractivity contribution in [1.82, 2.24) is 4.90 Å². The van der Waals surface area contributed by atoms with E-state index in [1.165, 1.54) is 0 Å². The minimum atomic E-state index is -0.931. The first kappa shape index (κ1) is 15.2. The number of hydrogen-bond acceptors (Lipinski definition) is 2. The van der Waals surface area contributed by atoms with Gasteiger partial charge < -0.3 is 4.90 Å². The summed E-state index contributed by atoms with van der Waals surface area (Å²) in [6.07, 6.45) is 0.528. The van der Waals surface area contributed by atoms with Gasteiger partial charge in [-0.3, -0.25) is 4.79 Å². The number of rotatable bonds is 5. The molecule has 1 aromatic carbocycles. The zero-order valence-electron chi connectivity index (χ0n) is 12.2. The Balaban J connectivity index is 2.97. The smallest absolute Gasteiger partial charge is 0.243 e. The molecule has 0 radical (unpaired) electrons. The Kier molecular flexibility index (Phi) is 5.11. The van der Waals surface area contributed by atoms with Gasteiger partial charge in [0, 0.05) is 12.6 Å². The van der Waals surface area contributed by atoms with Gasteiger partial charge >= 0.3 is 0 Å². The van der Waals surface area contributed by atoms with Crippen LogP contribution in [0, 0.1) is 16.7 Å². The molecule has 0 aliphatic rings. The van der Waals surface area contributed by atoms with Crippen LogP contribution in [0.4, 0.5) is 0 Å². The molecule has 0 fully saturated rings. The van der Waals surface area contributed by atoms with E-state index < -0.39 is 5.41 Å². The third-order valence-electron chi connectivity index (χ3n) is 3.51. The predicted molar refractivity (Wildman–Crippen MR) is 76.1 cm³/mol. The van der Waals surface area contributed by atoms with Crippen molar-refractivity contribution < 1.29 is 4.79 Å². The van der Waals surface area contributed by atoms with Crippen molar-refractivity contribution in [3.05, 3.63) is 35.9 Å². The van der Waals surface area contributed by atoms with Gasteiger partial charge in [-0.25, -0.2) is 0 Å². The van der Waals surface area contributed by atoms with Crippen molar-refractivity contribution >= 4 is 5.91 Å². The van der Waals surface area contributed by atoms with Crippen molar-refractivity contribution in [3.8, 4) is 6.07 Å². The Morgan fingerprint density at radius 3 is 2.37 bits per heavy atom. The largest absolute Gasteiger partial charge is 0.335 e. The van der Waals surface area contributed by atoms with E-state index in [9.17, 15) is 10.1 Å². The molecule has 0 saturated carbocycles. The highest BCUT2D eigenvalue weighted by Gasteiger charge is 2.36. The van der Waals surface area contributed by atoms with Gasteiger partial charge in [0.25, 0.3) is 0 Å². The normalized spacial score (nSPS) is 13.7. The van der Waals surface area contributed by atoms with E-state index in [1.54, 1.807) is 11.8 Å². The lowest BCUT2D eigenvalue weighted by molar-refractivity contribution is -0.141. The van der Waals surface area contributed by atoms with Crippen LogP contribution in [0.15, 0.2) is 30.3 Å². The predicted octanol–water partition coefficient (Wildman–Crippen LogP) is 3.36. The van der Waals surface area contributed by atoms with E-state index in [0.717, 1.165) is 5.56 Å². The van der Waals surface area contributed by atoms with E-state index in [1.807, 2.05) is 51.1 Å². The fourth-order valence-electron chi connectivity index (χ4n) is 1.86. The fraction of sp³-hybridized carbons (Fsp3) is 0.500. The molecule has 0 spiro atoms. The summed E-state index contributed by atoms with van der Waals surface area (Å²) in [6.45, 7) is 8.11. The fourth-order valence-corrected chi connectivity index (χ4v) is 1.86. The van der Waals surface area contributed by atoms with Gasteiger partial charge in [0.15, 0.2) is 0 Å². The average molecular weight is 258 g/mol. The molecule has 19 heavy (non-hydrogen) atoms. The lowest BCUT2D eigenvalue weighted by Gasteiger charge is -2.32. The van der Waals surface area contributed by atoms with Crippen LogP contribution < -0.4 is 0 Å². The number of nitriles is 1. The van der Waals surface area contributed by atoms with Gasteiger partial charge in [-0.1, -0.05) is 37.3 Å². The molecule has 1 aromatic rings. The van der Waals surface area contributed by atoms with Gasteiger partial charge in [0.1, 0.15) is 5.41 Å². The third-order valence-corrected chi connectivity index (χ3v) is 3.51. The second-order valence-corrected chi connectivity index (χ2v) is 5.31. The van der Waals surface area contributed by atoms with E-state index in [-0.39, 0.29) is 11.9 Å². The monoisotopic (exact) mass is 258 g/mol. The molecule has 0 bridgehead atoms. The molecule has 0 aliphatic carbocycles. The Labute approximate surface area is 115 Å². The maximum Gasteiger partial charge on any atom is 0.243 e. The quantitative estimate of drug-likeness (QED) is 0.812. The van der Waals surface area contributed by atoms with E-state index in [2.05, 4.69) is 6.07 Å². The first-order chi connectivity index (χ1) is 8.94. The molecular weight excluding hydrogens is 236 g/mol. The highest BCUT2D eigenvalue weighted by Crippen LogP contribution is 2.25. The summed E-state index contributed by atoms with van der Waals surface area (Å²) in [6, 6.07) is 12.1. The molecule has 0 aliphatic heterocycles. The Hall–Kier alpha value is -1.82. The number of carbonyl (C=O) groups excluding carboxylic acids is 1. The van der Waals surface area contributed by atoms with Crippen LogP contribution in [-0.4, -0.2) is 16.8 Å². The van der Waals surface area contributed by atoms with Crippen LogP contribution >= 0.6 is 0 Å². The van der Waals surface area contributed by atoms with Crippen LogP contribution in [-0.2, 0) is 11.3 Å². The topological polar surface area (TPSA) is 44.1 Å². The zero-order valence-corrected chi connectivity index (χ0v) is 12.2. The highest BCUT2D eigenvalue weighted by molar-refractivity contribution is 5.85. The Bertz CT molecular complexity index is 461. The second-order valence-electron chi connectivity index (χ2n) is 5.31. The molecule has 3 heteroatoms. The first-order valence-corrected chi connectivity index (χ1v) is 6.71. The van der Waals surface area contributed by atoms with Gasteiger partial charge in [0.2, 0.25) is 5.91 Å². The summed E-state index contributed by atoms with van der Waals surface area (Å²) in [5.74, 6) is -0.0867. The van der Waals surface area contributed by atoms with E-state index in [0.29, 0.717) is 13.0 Å². The lowest BCUT2D eigenvalue weighted by atomic mass is 9.87. The molecule has 102 valence electrons. The standard InChI is InChI=1S/C16H22N2O/c1-5-16(4,12-17)15(19)18(13(2)3)11-14-9-7-6-8-10-14/h6-10,13H,5,11H2,1-4H3. The molecule has 1 amide bonds. The second kappa shape index (κ2) is 6.38. The van der Waals surface area contributed by atoms with Gasteiger partial charge in [-0.15, -0.1) is 0 Å². The maximum atomic E-state index is 12.6. The molecule has 3 nitrogen and oxygen atoms in total. The van der Waals surface area contributed by atoms with Crippen LogP contribution in [0.25, 0.3) is 0 Å². The molecular formula is C16H22N2O. The van der Waals surface area contributed by atoms with Crippen molar-refractivity contribution in [3.63, 3.8) is 0 Å². The first-order valence-electron chi connectivity index (χ1n) is 6.71. The molecule has 0 saturated heterocycles. The molecule has 1 rings (SSSR count). The minimum Gasteiger partial charge on any atom is -0.335 e. The molecule has 0 heterocycles. The summed E-state index contributed by atoms with van der Waals surface area (Å²) in [5, 5.41) is 9.25. The Morgan fingerprint density at radius 2 is 1.95 bits per heavy atom. The van der Waals surface area contributed by atoms with Crippen molar-refractivity contribution in [1.29, 1.82) is 5.26 Å². The van der Waals surface area contributed by atoms with Gasteiger partial charge in [-0.2, -0.15) is 5.26 Å². The zero-order chi connectivity index (χ0) is 14.5. The average Bonchev–Trinajstić information content (AvgIpc) is 2.44. The summed E-state index contributed by atoms with van der Waals surface area (Å²) < 4.78 is 0. The summed E-state index contributed by atoms with van der Waals surface area (Å²) in [7, 11) is 0. The molecule has 1 unspecified atom stereocenters. The van der Waals surface area contributed by atoms with Crippen LogP contribution in [0.3, 0.4) is 0 Å². The third kappa shape index (κ3) is 3.57. The number of benzene rings is 1. The van der Waals surface area contributed by atoms with Crippen molar-refractivity contribution in [2.75, 3.05) is 0 Å². The van der Waals surface area contributed by atoms with Gasteiger partial charge in [0.05, 0.1) is 6.07 Å². The summed E-state index contributed by atoms with van der Waals surface area (Å²) in [4.78, 5) is 14.4. The number of carbonyl (C=O) groups is 1. The number of nitrogens with zero attached hydrogens (tertiary/aromatic N) is 2. The number of hydrogen-bond donors (Lipinski definition) is 0. The minimum absolute atomic E-state index is 0.0759. The van der Waals surface area contributed by atoms with Crippen LogP contribution in [0.2, 0.25) is 0 Å². The number of amides is 1. The summed E-state index contributed by atoms with van der Waals surface area (Å²) in [5.41, 5.74) is 0.153. The van der Waals surface area contributed by atoms with E-state index >= 15 is 0 Å². The van der Waals surface area contributed by atoms with Crippen LogP contribution in [0.5, 0.6) is 0 Å². The van der Waals surface area contributed by atoms with Crippen LogP contribution in [0.1, 0.15) is 39.7 Å². The Morgan fingerprint density at radius 1 is 1.37 bits per heavy atom. The van der Waals surface area contributed by atoms with E-state index in [4.69, 9.17) is 0 Å². The molecule has 0 aromatic heterocycles. The summed E-state index contributed by atoms with van der Waals surface area (Å²) >= 11 is 0. The highest BCUT2D eigenvalue weighted by atomic mass is 16.2. The molecule has 1 atom stereocenters. The van der Waals surface area contributed by atoms with Gasteiger partial charge in [-0.05, 0) is 32.8 Å². The lowest BCUT2D eigenvalue weighted by Crippen LogP contribution is -2.44. The van der Waals surface area contributed by atoms with Crippen molar-refractivity contribution in [2.45, 2.75) is 46.7 Å². The van der Waals surface area contributed by atoms with Crippen molar-refractivity contribution in [2.24, 2.45) is 5.41 Å². The maximum absolute atomic E-state index is 12.6. The SMILES string of the molecule is CCC(C)(C#N)C(=O)N(Cc1ccccc1)C(C)C. The molecule has 0 N–H and O–H groups in total.